The molecule has 1 aromatic heterocycles. The summed E-state index contributed by atoms with van der Waals surface area (Å²) in [5, 5.41) is 0.0853. The second-order valence-electron chi connectivity index (χ2n) is 6.27. The van der Waals surface area contributed by atoms with Gasteiger partial charge < -0.3 is 4.42 Å². The van der Waals surface area contributed by atoms with Gasteiger partial charge in [-0.05, 0) is 42.5 Å². The number of hydrogen-bond donors (Lipinski definition) is 0. The quantitative estimate of drug-likeness (QED) is 0.635. The van der Waals surface area contributed by atoms with Crippen LogP contribution in [-0.2, 0) is 11.3 Å². The van der Waals surface area contributed by atoms with Crippen LogP contribution in [0.5, 0.6) is 0 Å². The van der Waals surface area contributed by atoms with Gasteiger partial charge in [0.15, 0.2) is 5.43 Å². The highest BCUT2D eigenvalue weighted by Gasteiger charge is 2.35. The average Bonchev–Trinajstić information content (AvgIpc) is 2.93. The van der Waals surface area contributed by atoms with Crippen molar-refractivity contribution in [1.29, 1.82) is 0 Å². The summed E-state index contributed by atoms with van der Waals surface area (Å²) in [5.74, 6) is -0.405. The van der Waals surface area contributed by atoms with E-state index in [4.69, 9.17) is 4.42 Å². The average molecular weight is 377 g/mol. The zero-order valence-corrected chi connectivity index (χ0v) is 15.3. The van der Waals surface area contributed by atoms with E-state index in [1.54, 1.807) is 24.3 Å². The maximum Gasteiger partial charge on any atom is 0.293 e. The van der Waals surface area contributed by atoms with Gasteiger partial charge >= 0.3 is 0 Å². The van der Waals surface area contributed by atoms with Gasteiger partial charge in [0.25, 0.3) is 11.1 Å². The van der Waals surface area contributed by atoms with E-state index < -0.39 is 5.91 Å². The van der Waals surface area contributed by atoms with Crippen LogP contribution in [0.4, 0.5) is 4.79 Å². The molecule has 0 radical (unpaired) electrons. The molecule has 0 bridgehead atoms. The summed E-state index contributed by atoms with van der Waals surface area (Å²) >= 11 is 0.831. The van der Waals surface area contributed by atoms with Crippen molar-refractivity contribution < 1.29 is 14.0 Å². The summed E-state index contributed by atoms with van der Waals surface area (Å²) in [5.41, 5.74) is 2.47. The van der Waals surface area contributed by atoms with Crippen molar-refractivity contribution in [3.05, 3.63) is 86.6 Å². The Balaban J connectivity index is 1.64. The van der Waals surface area contributed by atoms with E-state index in [0.29, 0.717) is 11.0 Å². The number of thioether (sulfide) groups is 1. The molecule has 27 heavy (non-hydrogen) atoms. The Morgan fingerprint density at radius 3 is 2.56 bits per heavy atom. The van der Waals surface area contributed by atoms with Crippen molar-refractivity contribution in [2.75, 3.05) is 0 Å². The Bertz CT molecular complexity index is 1140. The molecule has 2 amide bonds. The van der Waals surface area contributed by atoms with Gasteiger partial charge in [0.2, 0.25) is 0 Å². The van der Waals surface area contributed by atoms with Crippen molar-refractivity contribution in [2.45, 2.75) is 13.5 Å². The first-order valence-corrected chi connectivity index (χ1v) is 9.16. The number of nitrogens with zero attached hydrogens (tertiary/aromatic N) is 1. The van der Waals surface area contributed by atoms with Crippen LogP contribution in [0.1, 0.15) is 16.7 Å². The summed E-state index contributed by atoms with van der Waals surface area (Å²) in [6, 6.07) is 14.5. The molecule has 1 saturated heterocycles. The van der Waals surface area contributed by atoms with E-state index >= 15 is 0 Å². The van der Waals surface area contributed by atoms with Crippen LogP contribution in [0.3, 0.4) is 0 Å². The number of amides is 2. The van der Waals surface area contributed by atoms with Gasteiger partial charge in [0.05, 0.1) is 22.4 Å². The van der Waals surface area contributed by atoms with Gasteiger partial charge in [0, 0.05) is 0 Å². The Morgan fingerprint density at radius 2 is 1.78 bits per heavy atom. The minimum Gasteiger partial charge on any atom is -0.463 e. The minimum atomic E-state index is -0.405. The van der Waals surface area contributed by atoms with Crippen LogP contribution in [0.15, 0.2) is 68.9 Å². The molecule has 0 spiro atoms. The van der Waals surface area contributed by atoms with E-state index in [1.165, 1.54) is 17.2 Å². The van der Waals surface area contributed by atoms with E-state index in [9.17, 15) is 14.4 Å². The molecule has 0 atom stereocenters. The van der Waals surface area contributed by atoms with E-state index in [0.717, 1.165) is 22.9 Å². The van der Waals surface area contributed by atoms with Crippen molar-refractivity contribution in [2.24, 2.45) is 0 Å². The summed E-state index contributed by atoms with van der Waals surface area (Å²) in [6.45, 7) is 2.18. The topological polar surface area (TPSA) is 67.6 Å². The Labute approximate surface area is 159 Å². The largest absolute Gasteiger partial charge is 0.463 e. The number of rotatable bonds is 3. The van der Waals surface area contributed by atoms with Gasteiger partial charge in [-0.3, -0.25) is 19.3 Å². The van der Waals surface area contributed by atoms with Crippen LogP contribution >= 0.6 is 11.8 Å². The Morgan fingerprint density at radius 1 is 1.04 bits per heavy atom. The van der Waals surface area contributed by atoms with E-state index in [-0.39, 0.29) is 27.7 Å². The Kier molecular flexibility index (Phi) is 4.41. The van der Waals surface area contributed by atoms with Crippen LogP contribution in [-0.4, -0.2) is 16.0 Å². The standard InChI is InChI=1S/C21H15NO4S/c1-13-6-8-14(9-7-13)11-22-20(24)18(27-21(22)25)10-15-12-26-17-5-3-2-4-16(17)19(15)23/h2-10,12H,11H2,1H3/b18-10-. The highest BCUT2D eigenvalue weighted by molar-refractivity contribution is 8.18. The van der Waals surface area contributed by atoms with E-state index in [2.05, 4.69) is 0 Å². The van der Waals surface area contributed by atoms with Gasteiger partial charge in [-0.1, -0.05) is 42.0 Å². The third-order valence-electron chi connectivity index (χ3n) is 4.33. The lowest BCUT2D eigenvalue weighted by atomic mass is 10.1. The number of aryl methyl sites for hydroxylation is 1. The molecule has 0 aliphatic carbocycles. The third-order valence-corrected chi connectivity index (χ3v) is 5.24. The molecule has 134 valence electrons. The second kappa shape index (κ2) is 6.89. The molecule has 0 N–H and O–H groups in total. The lowest BCUT2D eigenvalue weighted by Gasteiger charge is -2.12. The molecule has 6 heteroatoms. The molecular formula is C21H15NO4S. The maximum atomic E-state index is 12.6. The van der Waals surface area contributed by atoms with Gasteiger partial charge in [0.1, 0.15) is 11.8 Å². The molecule has 5 nitrogen and oxygen atoms in total. The van der Waals surface area contributed by atoms with Gasteiger partial charge in [-0.2, -0.15) is 0 Å². The number of carbonyl (C=O) groups excluding carboxylic acids is 2. The van der Waals surface area contributed by atoms with E-state index in [1.807, 2.05) is 31.2 Å². The normalized spacial score (nSPS) is 15.9. The molecule has 0 unspecified atom stereocenters. The van der Waals surface area contributed by atoms with Crippen LogP contribution in [0.25, 0.3) is 17.0 Å². The summed E-state index contributed by atoms with van der Waals surface area (Å²) in [4.78, 5) is 38.9. The fourth-order valence-electron chi connectivity index (χ4n) is 2.85. The highest BCUT2D eigenvalue weighted by atomic mass is 32.2. The molecule has 2 heterocycles. The number of fused-ring (bicyclic) bond motifs is 1. The minimum absolute atomic E-state index is 0.203. The Hall–Kier alpha value is -3.12. The maximum absolute atomic E-state index is 12.6. The van der Waals surface area contributed by atoms with Crippen LogP contribution in [0.2, 0.25) is 0 Å². The van der Waals surface area contributed by atoms with Gasteiger partial charge in [-0.15, -0.1) is 0 Å². The van der Waals surface area contributed by atoms with Crippen LogP contribution in [0, 0.1) is 6.92 Å². The predicted molar refractivity (Wildman–Crippen MR) is 105 cm³/mol. The first-order valence-electron chi connectivity index (χ1n) is 8.34. The first-order chi connectivity index (χ1) is 13.0. The molecule has 3 aromatic rings. The highest BCUT2D eigenvalue weighted by Crippen LogP contribution is 2.33. The van der Waals surface area contributed by atoms with Crippen molar-refractivity contribution in [1.82, 2.24) is 4.90 Å². The molecule has 1 aliphatic heterocycles. The number of hydrogen-bond acceptors (Lipinski definition) is 5. The first kappa shape index (κ1) is 17.3. The lowest BCUT2D eigenvalue weighted by Crippen LogP contribution is -2.27. The zero-order valence-electron chi connectivity index (χ0n) is 14.5. The monoisotopic (exact) mass is 377 g/mol. The zero-order chi connectivity index (χ0) is 19.0. The lowest BCUT2D eigenvalue weighted by molar-refractivity contribution is -0.123. The second-order valence-corrected chi connectivity index (χ2v) is 7.26. The number of carbonyl (C=O) groups is 2. The summed E-state index contributed by atoms with van der Waals surface area (Å²) < 4.78 is 5.47. The van der Waals surface area contributed by atoms with Crippen molar-refractivity contribution in [3.63, 3.8) is 0 Å². The smallest absolute Gasteiger partial charge is 0.293 e. The fourth-order valence-corrected chi connectivity index (χ4v) is 3.68. The molecule has 0 saturated carbocycles. The number of para-hydroxylation sites is 1. The summed E-state index contributed by atoms with van der Waals surface area (Å²) in [6.07, 6.45) is 2.75. The van der Waals surface area contributed by atoms with Crippen LogP contribution < -0.4 is 5.43 Å². The molecule has 2 aromatic carbocycles. The SMILES string of the molecule is Cc1ccc(CN2C(=O)S/C(=C\c3coc4ccccc4c3=O)C2=O)cc1. The van der Waals surface area contributed by atoms with Gasteiger partial charge in [-0.25, -0.2) is 0 Å². The molecule has 1 aliphatic rings. The van der Waals surface area contributed by atoms with Crippen molar-refractivity contribution in [3.8, 4) is 0 Å². The predicted octanol–water partition coefficient (Wildman–Crippen LogP) is 4.34. The molecule has 1 fully saturated rings. The van der Waals surface area contributed by atoms with Crippen molar-refractivity contribution >= 4 is 40.0 Å². The molecule has 4 rings (SSSR count). The molecular weight excluding hydrogens is 362 g/mol. The number of imide groups is 1. The fraction of sp³-hybridized carbons (Fsp3) is 0.0952. The number of benzene rings is 2. The third kappa shape index (κ3) is 3.31. The summed E-state index contributed by atoms with van der Waals surface area (Å²) in [7, 11) is 0.